The molecule has 40 valence electrons. The molecule has 0 N–H and O–H groups in total. The standard InChI is InChI=1S/Ba.Ca.ClH2O3P.Sr.4H/c;;1-5(2,3)4;;;;;/h;;(H2,2,3,4);;;;;/q2*+2;;+2;4*-1/p-2. The Bertz CT molecular complexity index is 76.4. The van der Waals surface area contributed by atoms with E-state index in [1.807, 2.05) is 0 Å². The van der Waals surface area contributed by atoms with Crippen molar-refractivity contribution < 1.29 is 20.1 Å². The second-order valence-corrected chi connectivity index (χ2v) is 2.53. The van der Waals surface area contributed by atoms with Gasteiger partial charge in [-0.2, -0.15) is 0 Å². The van der Waals surface area contributed by atoms with Crippen LogP contribution in [0.25, 0.3) is 0 Å². The minimum atomic E-state index is -4.67. The molecule has 0 amide bonds. The van der Waals surface area contributed by atoms with E-state index in [0.29, 0.717) is 0 Å². The third kappa shape index (κ3) is 45.3. The Kier molecular flexibility index (Phi) is 33.8. The van der Waals surface area contributed by atoms with E-state index in [2.05, 4.69) is 11.2 Å². The van der Waals surface area contributed by atoms with E-state index in [1.165, 1.54) is 0 Å². The van der Waals surface area contributed by atoms with E-state index >= 15 is 0 Å². The molecule has 0 aliphatic rings. The summed E-state index contributed by atoms with van der Waals surface area (Å²) in [5.74, 6) is 0. The molecule has 0 aromatic heterocycles. The first kappa shape index (κ1) is 23.0. The van der Waals surface area contributed by atoms with Crippen molar-refractivity contribution in [3.8, 4) is 0 Å². The monoisotopic (exact) mass is 384 g/mol. The van der Waals surface area contributed by atoms with Crippen LogP contribution in [0.1, 0.15) is 5.71 Å². The van der Waals surface area contributed by atoms with Crippen molar-refractivity contribution in [2.24, 2.45) is 0 Å². The van der Waals surface area contributed by atoms with Crippen LogP contribution in [-0.2, 0) is 4.57 Å². The maximum atomic E-state index is 8.87. The Morgan fingerprint density at radius 1 is 1.50 bits per heavy atom. The van der Waals surface area contributed by atoms with Crippen LogP contribution in [0, 0.1) is 0 Å². The Labute approximate surface area is 166 Å². The van der Waals surface area contributed by atoms with Gasteiger partial charge in [0.15, 0.2) is 0 Å². The molecule has 8 heteroatoms. The average Bonchev–Trinajstić information content (AvgIpc) is 0.722. The average molecular weight is 383 g/mol. The first-order chi connectivity index (χ1) is 2.00. The van der Waals surface area contributed by atoms with Crippen molar-refractivity contribution in [2.45, 2.75) is 0 Å². The fourth-order valence-corrected chi connectivity index (χ4v) is 0. The molecular weight excluding hydrogens is 379 g/mol. The van der Waals surface area contributed by atoms with Crippen molar-refractivity contribution in [2.75, 3.05) is 0 Å². The molecule has 0 aromatic carbocycles. The van der Waals surface area contributed by atoms with E-state index in [4.69, 9.17) is 14.4 Å². The van der Waals surface area contributed by atoms with E-state index < -0.39 is 6.95 Å². The molecule has 8 heavy (non-hydrogen) atoms. The van der Waals surface area contributed by atoms with Gasteiger partial charge in [0.1, 0.15) is 0 Å². The van der Waals surface area contributed by atoms with Gasteiger partial charge in [-0.1, -0.05) is 11.2 Å². The van der Waals surface area contributed by atoms with E-state index in [0.717, 1.165) is 0 Å². The summed E-state index contributed by atoms with van der Waals surface area (Å²) < 4.78 is 8.87. The summed E-state index contributed by atoms with van der Waals surface area (Å²) in [7, 11) is 0. The molecule has 0 radical (unpaired) electrons. The third-order valence-electron chi connectivity index (χ3n) is 0. The van der Waals surface area contributed by atoms with Crippen molar-refractivity contribution in [3.05, 3.63) is 0 Å². The normalized spacial score (nSPS) is 7.38. The van der Waals surface area contributed by atoms with Crippen LogP contribution < -0.4 is 9.79 Å². The van der Waals surface area contributed by atoms with Crippen LogP contribution in [-0.4, -0.2) is 132 Å². The van der Waals surface area contributed by atoms with E-state index in [9.17, 15) is 0 Å². The first-order valence-electron chi connectivity index (χ1n) is 0.717. The van der Waals surface area contributed by atoms with Gasteiger partial charge in [0.2, 0.25) is 0 Å². The van der Waals surface area contributed by atoms with Crippen molar-refractivity contribution in [3.63, 3.8) is 0 Å². The van der Waals surface area contributed by atoms with Gasteiger partial charge in [-0.25, -0.2) is 0 Å². The third-order valence-corrected chi connectivity index (χ3v) is 0. The minimum absolute atomic E-state index is 0. The number of halogens is 1. The van der Waals surface area contributed by atoms with Gasteiger partial charge in [0.25, 0.3) is 0 Å². The van der Waals surface area contributed by atoms with Crippen molar-refractivity contribution >= 4 is 150 Å². The van der Waals surface area contributed by atoms with Crippen LogP contribution in [0.4, 0.5) is 0 Å². The molecule has 0 atom stereocenters. The zero-order valence-electron chi connectivity index (χ0n) is 8.17. The number of hydrogen-bond donors (Lipinski definition) is 0. The molecule has 0 spiro atoms. The summed E-state index contributed by atoms with van der Waals surface area (Å²) in [5, 5.41) is 0. The van der Waals surface area contributed by atoms with Crippen LogP contribution >= 0.6 is 18.2 Å². The second kappa shape index (κ2) is 11.8. The van der Waals surface area contributed by atoms with Gasteiger partial charge in [0.05, 0.1) is 0 Å². The molecule has 0 saturated heterocycles. The van der Waals surface area contributed by atoms with Crippen LogP contribution in [0.15, 0.2) is 0 Å². The Morgan fingerprint density at radius 3 is 1.50 bits per heavy atom. The summed E-state index contributed by atoms with van der Waals surface area (Å²) >= 11 is 3.97. The van der Waals surface area contributed by atoms with E-state index in [1.54, 1.807) is 0 Å². The number of rotatable bonds is 0. The molecule has 0 saturated carbocycles. The van der Waals surface area contributed by atoms with Gasteiger partial charge in [-0.15, -0.1) is 0 Å². The maximum Gasteiger partial charge on any atom is 2.00 e. The SMILES string of the molecule is O=P([O-])([O-])Cl.[Ba+2].[Ca+2].[H-].[H-].[H-].[H-].[Sr+2]. The fourth-order valence-electron chi connectivity index (χ4n) is 0. The summed E-state index contributed by atoms with van der Waals surface area (Å²) in [4.78, 5) is 17.7. The zero-order chi connectivity index (χ0) is 4.50. The summed E-state index contributed by atoms with van der Waals surface area (Å²) in [6.07, 6.45) is 0. The molecule has 0 aliphatic carbocycles. The van der Waals surface area contributed by atoms with Crippen LogP contribution in [0.3, 0.4) is 0 Å². The zero-order valence-corrected chi connectivity index (χ0v) is 15.9. The molecule has 0 rings (SSSR count). The molecular formula is H4BaCaClO3PSr. The van der Waals surface area contributed by atoms with Gasteiger partial charge in [0, 0.05) is 6.95 Å². The predicted octanol–water partition coefficient (Wildman–Crippen LogP) is -1.64. The molecule has 0 unspecified atom stereocenters. The largest absolute Gasteiger partial charge is 2.00 e. The minimum Gasteiger partial charge on any atom is -1.00 e. The maximum absolute atomic E-state index is 8.87. The van der Waals surface area contributed by atoms with Gasteiger partial charge in [-0.3, -0.25) is 0 Å². The first-order valence-corrected chi connectivity index (χ1v) is 3.16. The smallest absolute Gasteiger partial charge is 1.00 e. The van der Waals surface area contributed by atoms with Crippen molar-refractivity contribution in [1.29, 1.82) is 0 Å². The molecule has 0 bridgehead atoms. The van der Waals surface area contributed by atoms with Crippen LogP contribution in [0.2, 0.25) is 0 Å². The predicted molar refractivity (Wildman–Crippen MR) is 35.2 cm³/mol. The van der Waals surface area contributed by atoms with Gasteiger partial charge < -0.3 is 20.1 Å². The van der Waals surface area contributed by atoms with Crippen molar-refractivity contribution in [1.82, 2.24) is 0 Å². The Morgan fingerprint density at radius 2 is 1.50 bits per heavy atom. The van der Waals surface area contributed by atoms with Gasteiger partial charge in [-0.05, 0) is 0 Å². The molecule has 0 aromatic rings. The van der Waals surface area contributed by atoms with Crippen LogP contribution in [0.5, 0.6) is 0 Å². The molecule has 0 heterocycles. The van der Waals surface area contributed by atoms with Gasteiger partial charge >= 0.3 is 132 Å². The Balaban J connectivity index is -0.00000000381. The Hall–Kier alpha value is 4.75. The molecule has 0 aliphatic heterocycles. The topological polar surface area (TPSA) is 63.2 Å². The summed E-state index contributed by atoms with van der Waals surface area (Å²) in [6.45, 7) is -4.67. The molecule has 3 nitrogen and oxygen atoms in total. The summed E-state index contributed by atoms with van der Waals surface area (Å²) in [5.41, 5.74) is 0. The fraction of sp³-hybridized carbons (Fsp3) is 0. The molecule has 0 fully saturated rings. The number of hydrogen-bond acceptors (Lipinski definition) is 3. The van der Waals surface area contributed by atoms with E-state index in [-0.39, 0.29) is 138 Å². The second-order valence-electron chi connectivity index (χ2n) is 0.431. The quantitative estimate of drug-likeness (QED) is 0.372. The summed E-state index contributed by atoms with van der Waals surface area (Å²) in [6, 6.07) is 0.